The third-order valence-electron chi connectivity index (χ3n) is 2.47. The minimum Gasteiger partial charge on any atom is -0.494 e. The molecule has 0 aliphatic rings. The molecule has 0 N–H and O–H groups in total. The molecule has 5 heteroatoms. The topological polar surface area (TPSA) is 9.23 Å². The van der Waals surface area contributed by atoms with Gasteiger partial charge >= 0.3 is 0 Å². The van der Waals surface area contributed by atoms with Gasteiger partial charge in [-0.05, 0) is 18.2 Å². The van der Waals surface area contributed by atoms with Gasteiger partial charge < -0.3 is 4.74 Å². The van der Waals surface area contributed by atoms with E-state index in [1.807, 2.05) is 0 Å². The van der Waals surface area contributed by atoms with E-state index in [4.69, 9.17) is 39.5 Å². The van der Waals surface area contributed by atoms with E-state index < -0.39 is 5.82 Å². The van der Waals surface area contributed by atoms with Crippen molar-refractivity contribution in [2.45, 2.75) is 0 Å². The Balaban J connectivity index is 2.69. The molecule has 0 fully saturated rings. The number of halogens is 4. The van der Waals surface area contributed by atoms with Crippen molar-refractivity contribution in [2.75, 3.05) is 7.11 Å². The summed E-state index contributed by atoms with van der Waals surface area (Å²) in [5.74, 6) is -0.361. The Hall–Kier alpha value is -0.960. The van der Waals surface area contributed by atoms with Gasteiger partial charge in [-0.3, -0.25) is 0 Å². The van der Waals surface area contributed by atoms with Crippen LogP contribution in [0.2, 0.25) is 15.1 Å². The van der Waals surface area contributed by atoms with Crippen molar-refractivity contribution in [3.8, 4) is 16.9 Å². The first-order valence-corrected chi connectivity index (χ1v) is 6.15. The molecule has 0 aliphatic heterocycles. The fourth-order valence-corrected chi connectivity index (χ4v) is 2.33. The van der Waals surface area contributed by atoms with Gasteiger partial charge in [0.05, 0.1) is 17.2 Å². The lowest BCUT2D eigenvalue weighted by molar-refractivity contribution is 0.387. The first kappa shape index (κ1) is 13.5. The van der Waals surface area contributed by atoms with E-state index in [-0.39, 0.29) is 15.8 Å². The van der Waals surface area contributed by atoms with Gasteiger partial charge in [-0.1, -0.05) is 46.9 Å². The van der Waals surface area contributed by atoms with E-state index in [9.17, 15) is 4.39 Å². The normalized spacial score (nSPS) is 10.5. The first-order chi connectivity index (χ1) is 8.54. The molecule has 0 unspecified atom stereocenters. The lowest BCUT2D eigenvalue weighted by Gasteiger charge is -2.10. The van der Waals surface area contributed by atoms with Gasteiger partial charge in [0.15, 0.2) is 11.6 Å². The van der Waals surface area contributed by atoms with Crippen molar-refractivity contribution >= 4 is 34.8 Å². The highest BCUT2D eigenvalue weighted by Gasteiger charge is 2.15. The van der Waals surface area contributed by atoms with Crippen LogP contribution in [0.15, 0.2) is 30.3 Å². The first-order valence-electron chi connectivity index (χ1n) is 5.02. The number of rotatable bonds is 2. The summed E-state index contributed by atoms with van der Waals surface area (Å²) < 4.78 is 19.1. The maximum absolute atomic E-state index is 14.1. The smallest absolute Gasteiger partial charge is 0.172 e. The van der Waals surface area contributed by atoms with Crippen molar-refractivity contribution in [3.63, 3.8) is 0 Å². The lowest BCUT2D eigenvalue weighted by Crippen LogP contribution is -1.92. The Morgan fingerprint density at radius 1 is 1.06 bits per heavy atom. The van der Waals surface area contributed by atoms with E-state index >= 15 is 0 Å². The third kappa shape index (κ3) is 2.41. The molecule has 0 aliphatic carbocycles. The van der Waals surface area contributed by atoms with Gasteiger partial charge in [-0.25, -0.2) is 4.39 Å². The highest BCUT2D eigenvalue weighted by molar-refractivity contribution is 6.45. The number of benzene rings is 2. The molecule has 0 heterocycles. The Bertz CT molecular complexity index is 599. The SMILES string of the molecule is COc1cccc(-c2cc(Cl)cc(Cl)c2Cl)c1F. The number of hydrogen-bond acceptors (Lipinski definition) is 1. The fourth-order valence-electron chi connectivity index (χ4n) is 1.63. The average Bonchev–Trinajstić information content (AvgIpc) is 2.34. The highest BCUT2D eigenvalue weighted by Crippen LogP contribution is 2.39. The molecular weight excluding hydrogens is 297 g/mol. The second-order valence-electron chi connectivity index (χ2n) is 3.57. The van der Waals surface area contributed by atoms with Crippen LogP contribution in [-0.2, 0) is 0 Å². The minimum absolute atomic E-state index is 0.139. The molecule has 0 radical (unpaired) electrons. The lowest BCUT2D eigenvalue weighted by atomic mass is 10.0. The summed E-state index contributed by atoms with van der Waals surface area (Å²) >= 11 is 17.9. The molecule has 0 atom stereocenters. The number of methoxy groups -OCH3 is 1. The largest absolute Gasteiger partial charge is 0.494 e. The fraction of sp³-hybridized carbons (Fsp3) is 0.0769. The van der Waals surface area contributed by atoms with Crippen molar-refractivity contribution in [2.24, 2.45) is 0 Å². The van der Waals surface area contributed by atoms with Crippen molar-refractivity contribution in [1.29, 1.82) is 0 Å². The zero-order chi connectivity index (χ0) is 13.3. The maximum atomic E-state index is 14.1. The molecule has 0 bridgehead atoms. The molecule has 2 rings (SSSR count). The molecule has 0 amide bonds. The third-order valence-corrected chi connectivity index (χ3v) is 3.49. The van der Waals surface area contributed by atoms with Crippen LogP contribution in [0.5, 0.6) is 5.75 Å². The van der Waals surface area contributed by atoms with E-state index in [1.54, 1.807) is 18.2 Å². The molecule has 0 saturated heterocycles. The Morgan fingerprint density at radius 2 is 1.78 bits per heavy atom. The minimum atomic E-state index is -0.500. The highest BCUT2D eigenvalue weighted by atomic mass is 35.5. The molecule has 2 aromatic carbocycles. The van der Waals surface area contributed by atoms with Crippen LogP contribution in [-0.4, -0.2) is 7.11 Å². The maximum Gasteiger partial charge on any atom is 0.172 e. The van der Waals surface area contributed by atoms with Crippen LogP contribution in [0.1, 0.15) is 0 Å². The van der Waals surface area contributed by atoms with Crippen LogP contribution in [0.3, 0.4) is 0 Å². The molecule has 18 heavy (non-hydrogen) atoms. The van der Waals surface area contributed by atoms with Gasteiger partial charge in [0.25, 0.3) is 0 Å². The molecule has 0 aromatic heterocycles. The van der Waals surface area contributed by atoms with Crippen LogP contribution < -0.4 is 4.74 Å². The average molecular weight is 306 g/mol. The molecular formula is C13H8Cl3FO. The second-order valence-corrected chi connectivity index (χ2v) is 4.79. The van der Waals surface area contributed by atoms with E-state index in [0.29, 0.717) is 16.1 Å². The number of hydrogen-bond donors (Lipinski definition) is 0. The summed E-state index contributed by atoms with van der Waals surface area (Å²) in [7, 11) is 1.40. The second kappa shape index (κ2) is 5.35. The van der Waals surface area contributed by atoms with Crippen molar-refractivity contribution < 1.29 is 9.13 Å². The van der Waals surface area contributed by atoms with Gasteiger partial charge in [0.1, 0.15) is 0 Å². The molecule has 2 aromatic rings. The van der Waals surface area contributed by atoms with E-state index in [1.165, 1.54) is 19.2 Å². The zero-order valence-corrected chi connectivity index (χ0v) is 11.6. The van der Waals surface area contributed by atoms with Gasteiger partial charge in [0, 0.05) is 16.1 Å². The summed E-state index contributed by atoms with van der Waals surface area (Å²) in [4.78, 5) is 0. The Kier molecular flexibility index (Phi) is 4.00. The summed E-state index contributed by atoms with van der Waals surface area (Å²) in [6, 6.07) is 7.85. The van der Waals surface area contributed by atoms with Gasteiger partial charge in [0.2, 0.25) is 0 Å². The number of ether oxygens (including phenoxy) is 1. The van der Waals surface area contributed by atoms with Crippen LogP contribution in [0, 0.1) is 5.82 Å². The summed E-state index contributed by atoms with van der Waals surface area (Å²) in [6.45, 7) is 0. The van der Waals surface area contributed by atoms with Gasteiger partial charge in [-0.15, -0.1) is 0 Å². The predicted octanol–water partition coefficient (Wildman–Crippen LogP) is 5.46. The van der Waals surface area contributed by atoms with Crippen molar-refractivity contribution in [3.05, 3.63) is 51.2 Å². The van der Waals surface area contributed by atoms with Crippen molar-refractivity contribution in [1.82, 2.24) is 0 Å². The predicted molar refractivity (Wildman–Crippen MR) is 73.4 cm³/mol. The van der Waals surface area contributed by atoms with E-state index in [0.717, 1.165) is 0 Å². The summed E-state index contributed by atoms with van der Waals surface area (Å²) in [5.41, 5.74) is 0.731. The van der Waals surface area contributed by atoms with Gasteiger partial charge in [-0.2, -0.15) is 0 Å². The molecule has 1 nitrogen and oxygen atoms in total. The summed E-state index contributed by atoms with van der Waals surface area (Å²) in [5, 5.41) is 0.927. The van der Waals surface area contributed by atoms with Crippen LogP contribution in [0.25, 0.3) is 11.1 Å². The van der Waals surface area contributed by atoms with E-state index in [2.05, 4.69) is 0 Å². The Labute approximate surface area is 119 Å². The van der Waals surface area contributed by atoms with Crippen LogP contribution >= 0.6 is 34.8 Å². The zero-order valence-electron chi connectivity index (χ0n) is 9.31. The standard InChI is InChI=1S/C13H8Cl3FO/c1-18-11-4-2-3-8(13(11)17)9-5-7(14)6-10(15)12(9)16/h2-6H,1H3. The summed E-state index contributed by atoms with van der Waals surface area (Å²) in [6.07, 6.45) is 0. The molecule has 94 valence electrons. The molecule has 0 saturated carbocycles. The van der Waals surface area contributed by atoms with Crippen LogP contribution in [0.4, 0.5) is 4.39 Å². The molecule has 0 spiro atoms. The monoisotopic (exact) mass is 304 g/mol. The Morgan fingerprint density at radius 3 is 2.44 bits per heavy atom. The quantitative estimate of drug-likeness (QED) is 0.669.